The van der Waals surface area contributed by atoms with E-state index in [0.29, 0.717) is 23.3 Å². The van der Waals surface area contributed by atoms with E-state index in [1.165, 1.54) is 0 Å². The number of aromatic nitrogens is 4. The summed E-state index contributed by atoms with van der Waals surface area (Å²) in [6.07, 6.45) is 5.22. The van der Waals surface area contributed by atoms with Crippen molar-refractivity contribution in [1.82, 2.24) is 19.5 Å². The van der Waals surface area contributed by atoms with Crippen molar-refractivity contribution in [3.63, 3.8) is 0 Å². The van der Waals surface area contributed by atoms with E-state index in [-0.39, 0.29) is 0 Å². The van der Waals surface area contributed by atoms with Crippen LogP contribution in [0.25, 0.3) is 0 Å². The minimum Gasteiger partial charge on any atom is -0.361 e. The van der Waals surface area contributed by atoms with Gasteiger partial charge in [-0.1, -0.05) is 11.6 Å². The van der Waals surface area contributed by atoms with Crippen LogP contribution in [-0.2, 0) is 13.6 Å². The molecule has 2 aromatic heterocycles. The number of rotatable bonds is 5. The van der Waals surface area contributed by atoms with E-state index in [0.717, 1.165) is 12.4 Å². The minimum absolute atomic E-state index is 0.492. The molecule has 6 nitrogen and oxygen atoms in total. The highest BCUT2D eigenvalue weighted by Crippen LogP contribution is 2.19. The van der Waals surface area contributed by atoms with Gasteiger partial charge in [0.15, 0.2) is 5.82 Å². The van der Waals surface area contributed by atoms with Crippen LogP contribution in [0, 0.1) is 0 Å². The normalized spacial score (nSPS) is 10.4. The molecule has 0 saturated carbocycles. The summed E-state index contributed by atoms with van der Waals surface area (Å²) >= 11 is 6.03. The fraction of sp³-hybridized carbons (Fsp3) is 0.364. The van der Waals surface area contributed by atoms with Crippen LogP contribution in [0.5, 0.6) is 0 Å². The van der Waals surface area contributed by atoms with Crippen LogP contribution in [0.1, 0.15) is 12.7 Å². The number of aryl methyl sites for hydroxylation is 1. The molecular weight excluding hydrogens is 252 g/mol. The van der Waals surface area contributed by atoms with Crippen molar-refractivity contribution >= 4 is 23.4 Å². The van der Waals surface area contributed by atoms with Gasteiger partial charge in [0.05, 0.1) is 12.7 Å². The van der Waals surface area contributed by atoms with E-state index < -0.39 is 0 Å². The van der Waals surface area contributed by atoms with E-state index in [4.69, 9.17) is 11.6 Å². The summed E-state index contributed by atoms with van der Waals surface area (Å²) in [5, 5.41) is 6.68. The molecule has 0 amide bonds. The second kappa shape index (κ2) is 5.68. The van der Waals surface area contributed by atoms with Crippen LogP contribution in [-0.4, -0.2) is 26.1 Å². The average Bonchev–Trinajstić information content (AvgIpc) is 2.76. The Labute approximate surface area is 110 Å². The smallest absolute Gasteiger partial charge is 0.224 e. The zero-order valence-electron chi connectivity index (χ0n) is 10.3. The molecule has 0 bridgehead atoms. The van der Waals surface area contributed by atoms with Gasteiger partial charge in [-0.05, 0) is 6.92 Å². The molecule has 0 atom stereocenters. The van der Waals surface area contributed by atoms with E-state index in [1.54, 1.807) is 12.4 Å². The maximum absolute atomic E-state index is 6.03. The second-order valence-electron chi connectivity index (χ2n) is 3.73. The molecule has 0 aromatic carbocycles. The largest absolute Gasteiger partial charge is 0.361 e. The van der Waals surface area contributed by atoms with Gasteiger partial charge in [-0.3, -0.25) is 0 Å². The number of hydrogen-bond donors (Lipinski definition) is 2. The van der Waals surface area contributed by atoms with Crippen molar-refractivity contribution in [2.75, 3.05) is 17.2 Å². The summed E-state index contributed by atoms with van der Waals surface area (Å²) < 4.78 is 1.94. The quantitative estimate of drug-likeness (QED) is 0.865. The SMILES string of the molecule is CCNc1ncc(Cl)c(NCc2nccn2C)n1. The maximum Gasteiger partial charge on any atom is 0.224 e. The fourth-order valence-corrected chi connectivity index (χ4v) is 1.62. The predicted molar refractivity (Wildman–Crippen MR) is 71.7 cm³/mol. The van der Waals surface area contributed by atoms with Crippen LogP contribution in [0.2, 0.25) is 5.02 Å². The van der Waals surface area contributed by atoms with Gasteiger partial charge < -0.3 is 15.2 Å². The fourth-order valence-electron chi connectivity index (χ4n) is 1.46. The molecule has 0 fully saturated rings. The lowest BCUT2D eigenvalue weighted by Crippen LogP contribution is -2.09. The molecule has 2 aromatic rings. The monoisotopic (exact) mass is 266 g/mol. The van der Waals surface area contributed by atoms with Crippen molar-refractivity contribution in [2.45, 2.75) is 13.5 Å². The van der Waals surface area contributed by atoms with Crippen LogP contribution >= 0.6 is 11.6 Å². The molecule has 0 aliphatic heterocycles. The van der Waals surface area contributed by atoms with Gasteiger partial charge >= 0.3 is 0 Å². The van der Waals surface area contributed by atoms with Crippen molar-refractivity contribution in [2.24, 2.45) is 7.05 Å². The molecule has 96 valence electrons. The van der Waals surface area contributed by atoms with Gasteiger partial charge in [0.1, 0.15) is 10.8 Å². The zero-order chi connectivity index (χ0) is 13.0. The number of imidazole rings is 1. The molecule has 0 aliphatic carbocycles. The molecule has 0 aliphatic rings. The van der Waals surface area contributed by atoms with E-state index in [1.807, 2.05) is 24.7 Å². The Morgan fingerprint density at radius 3 is 2.83 bits per heavy atom. The molecule has 7 heteroatoms. The Kier molecular flexibility index (Phi) is 3.99. The second-order valence-corrected chi connectivity index (χ2v) is 4.14. The summed E-state index contributed by atoms with van der Waals surface area (Å²) in [5.74, 6) is 2.07. The van der Waals surface area contributed by atoms with Crippen LogP contribution in [0.3, 0.4) is 0 Å². The molecular formula is C11H15ClN6. The Bertz CT molecular complexity index is 524. The van der Waals surface area contributed by atoms with Gasteiger partial charge in [0.25, 0.3) is 0 Å². The van der Waals surface area contributed by atoms with Crippen LogP contribution in [0.4, 0.5) is 11.8 Å². The molecule has 18 heavy (non-hydrogen) atoms. The minimum atomic E-state index is 0.492. The lowest BCUT2D eigenvalue weighted by Gasteiger charge is -2.09. The molecule has 0 spiro atoms. The standard InChI is InChI=1S/C11H15ClN6/c1-3-13-11-16-6-8(12)10(17-11)15-7-9-14-4-5-18(9)2/h4-6H,3,7H2,1-2H3,(H2,13,15,16,17). The topological polar surface area (TPSA) is 67.7 Å². The third-order valence-corrected chi connectivity index (χ3v) is 2.69. The number of anilines is 2. The third-order valence-electron chi connectivity index (χ3n) is 2.41. The molecule has 2 rings (SSSR count). The Morgan fingerprint density at radius 2 is 2.17 bits per heavy atom. The summed E-state index contributed by atoms with van der Waals surface area (Å²) in [7, 11) is 1.94. The lowest BCUT2D eigenvalue weighted by molar-refractivity contribution is 0.810. The van der Waals surface area contributed by atoms with Crippen LogP contribution in [0.15, 0.2) is 18.6 Å². The molecule has 0 saturated heterocycles. The highest BCUT2D eigenvalue weighted by Gasteiger charge is 2.06. The Balaban J connectivity index is 2.08. The first-order valence-corrected chi connectivity index (χ1v) is 6.05. The first kappa shape index (κ1) is 12.6. The van der Waals surface area contributed by atoms with Gasteiger partial charge in [-0.25, -0.2) is 9.97 Å². The first-order chi connectivity index (χ1) is 8.70. The van der Waals surface area contributed by atoms with Gasteiger partial charge in [-0.2, -0.15) is 4.98 Å². The molecule has 0 unspecified atom stereocenters. The summed E-state index contributed by atoms with van der Waals surface area (Å²) in [6, 6.07) is 0. The highest BCUT2D eigenvalue weighted by molar-refractivity contribution is 6.32. The summed E-state index contributed by atoms with van der Waals surface area (Å²) in [5.41, 5.74) is 0. The molecule has 0 radical (unpaired) electrons. The third kappa shape index (κ3) is 2.89. The van der Waals surface area contributed by atoms with Crippen molar-refractivity contribution in [3.05, 3.63) is 29.4 Å². The Morgan fingerprint density at radius 1 is 1.33 bits per heavy atom. The van der Waals surface area contributed by atoms with E-state index >= 15 is 0 Å². The molecule has 2 heterocycles. The number of nitrogens with zero attached hydrogens (tertiary/aromatic N) is 4. The van der Waals surface area contributed by atoms with Gasteiger partial charge in [0, 0.05) is 26.0 Å². The highest BCUT2D eigenvalue weighted by atomic mass is 35.5. The van der Waals surface area contributed by atoms with E-state index in [2.05, 4.69) is 25.6 Å². The summed E-state index contributed by atoms with van der Waals surface area (Å²) in [6.45, 7) is 3.31. The van der Waals surface area contributed by atoms with Crippen molar-refractivity contribution in [1.29, 1.82) is 0 Å². The van der Waals surface area contributed by atoms with Gasteiger partial charge in [-0.15, -0.1) is 0 Å². The number of hydrogen-bond acceptors (Lipinski definition) is 5. The van der Waals surface area contributed by atoms with E-state index in [9.17, 15) is 0 Å². The van der Waals surface area contributed by atoms with Crippen molar-refractivity contribution < 1.29 is 0 Å². The maximum atomic E-state index is 6.03. The molecule has 2 N–H and O–H groups in total. The first-order valence-electron chi connectivity index (χ1n) is 5.67. The van der Waals surface area contributed by atoms with Gasteiger partial charge in [0.2, 0.25) is 5.95 Å². The number of nitrogens with one attached hydrogen (secondary N) is 2. The Hall–Kier alpha value is -1.82. The van der Waals surface area contributed by atoms with Crippen molar-refractivity contribution in [3.8, 4) is 0 Å². The number of halogens is 1. The zero-order valence-corrected chi connectivity index (χ0v) is 11.1. The summed E-state index contributed by atoms with van der Waals surface area (Å²) in [4.78, 5) is 12.6. The predicted octanol–water partition coefficient (Wildman–Crippen LogP) is 1.91. The lowest BCUT2D eigenvalue weighted by atomic mass is 10.5. The van der Waals surface area contributed by atoms with Crippen LogP contribution < -0.4 is 10.6 Å². The average molecular weight is 267 g/mol.